The van der Waals surface area contributed by atoms with Crippen LogP contribution in [0.15, 0.2) is 24.3 Å². The van der Waals surface area contributed by atoms with Crippen LogP contribution in [0.3, 0.4) is 0 Å². The Labute approximate surface area is 136 Å². The molecule has 0 fully saturated rings. The molecule has 3 rings (SSSR count). The molecule has 3 nitrogen and oxygen atoms in total. The number of rotatable bonds is 2. The number of hydrogen-bond donors (Lipinski definition) is 1. The number of alkyl halides is 1. The Morgan fingerprint density at radius 1 is 1.36 bits per heavy atom. The second kappa shape index (κ2) is 5.24. The first-order chi connectivity index (χ1) is 10.4. The fourth-order valence-corrected chi connectivity index (χ4v) is 3.67. The molecule has 0 aromatic heterocycles. The maximum atomic E-state index is 10.5. The van der Waals surface area contributed by atoms with Gasteiger partial charge in [0.15, 0.2) is 0 Å². The van der Waals surface area contributed by atoms with Gasteiger partial charge in [-0.15, -0.1) is 11.6 Å². The number of halogens is 1. The Hall–Kier alpha value is -1.61. The van der Waals surface area contributed by atoms with Crippen LogP contribution in [0.1, 0.15) is 32.3 Å². The molecular formula is C18H22ClNO2. The standard InChI is InChI=1S/C18H22ClNO2/c1-18(2,3)20-10-11(9-19)16-13(20)8-14(21)12-6-5-7-15(22-4)17(12)16/h5-8,11,21H,9-10H2,1-4H3/t11-/m1/s1. The Morgan fingerprint density at radius 3 is 2.68 bits per heavy atom. The van der Waals surface area contributed by atoms with Gasteiger partial charge in [-0.1, -0.05) is 12.1 Å². The minimum absolute atomic E-state index is 0.0301. The summed E-state index contributed by atoms with van der Waals surface area (Å²) in [6, 6.07) is 7.64. The maximum absolute atomic E-state index is 10.5. The van der Waals surface area contributed by atoms with Gasteiger partial charge in [0.1, 0.15) is 11.5 Å². The highest BCUT2D eigenvalue weighted by Crippen LogP contribution is 2.49. The van der Waals surface area contributed by atoms with Gasteiger partial charge in [-0.2, -0.15) is 0 Å². The highest BCUT2D eigenvalue weighted by molar-refractivity contribution is 6.19. The number of anilines is 1. The van der Waals surface area contributed by atoms with E-state index in [0.717, 1.165) is 28.8 Å². The summed E-state index contributed by atoms with van der Waals surface area (Å²) in [6.45, 7) is 7.39. The fraction of sp³-hybridized carbons (Fsp3) is 0.444. The van der Waals surface area contributed by atoms with Crippen molar-refractivity contribution in [2.75, 3.05) is 24.4 Å². The molecule has 1 heterocycles. The number of phenols is 1. The monoisotopic (exact) mass is 319 g/mol. The highest BCUT2D eigenvalue weighted by atomic mass is 35.5. The molecule has 1 aliphatic rings. The van der Waals surface area contributed by atoms with Crippen molar-refractivity contribution >= 4 is 28.1 Å². The predicted octanol–water partition coefficient (Wildman–Crippen LogP) is 4.49. The number of benzene rings is 2. The molecule has 22 heavy (non-hydrogen) atoms. The lowest BCUT2D eigenvalue weighted by Crippen LogP contribution is -2.40. The number of nitrogens with zero attached hydrogens (tertiary/aromatic N) is 1. The van der Waals surface area contributed by atoms with E-state index in [-0.39, 0.29) is 17.2 Å². The van der Waals surface area contributed by atoms with E-state index in [1.54, 1.807) is 7.11 Å². The largest absolute Gasteiger partial charge is 0.507 e. The molecule has 4 heteroatoms. The Balaban J connectivity index is 2.38. The van der Waals surface area contributed by atoms with Gasteiger partial charge in [-0.05, 0) is 32.4 Å². The lowest BCUT2D eigenvalue weighted by Gasteiger charge is -2.35. The topological polar surface area (TPSA) is 32.7 Å². The Bertz CT molecular complexity index is 721. The van der Waals surface area contributed by atoms with Crippen molar-refractivity contribution < 1.29 is 9.84 Å². The zero-order chi connectivity index (χ0) is 16.1. The van der Waals surface area contributed by atoms with Crippen molar-refractivity contribution in [2.45, 2.75) is 32.2 Å². The van der Waals surface area contributed by atoms with Crippen LogP contribution in [-0.2, 0) is 0 Å². The van der Waals surface area contributed by atoms with E-state index in [9.17, 15) is 5.11 Å². The first kappa shape index (κ1) is 15.3. The zero-order valence-corrected chi connectivity index (χ0v) is 14.2. The SMILES string of the molecule is COc1cccc2c(O)cc3c(c12)[C@H](CCl)CN3C(C)(C)C. The minimum atomic E-state index is -0.0301. The molecule has 1 atom stereocenters. The van der Waals surface area contributed by atoms with Gasteiger partial charge in [0.2, 0.25) is 0 Å². The number of fused-ring (bicyclic) bond motifs is 3. The average molecular weight is 320 g/mol. The third-order valence-electron chi connectivity index (χ3n) is 4.44. The molecule has 0 amide bonds. The van der Waals surface area contributed by atoms with Gasteiger partial charge in [-0.25, -0.2) is 0 Å². The van der Waals surface area contributed by atoms with Crippen molar-refractivity contribution in [2.24, 2.45) is 0 Å². The molecule has 2 aromatic rings. The van der Waals surface area contributed by atoms with Crippen LogP contribution in [0.4, 0.5) is 5.69 Å². The van der Waals surface area contributed by atoms with Crippen molar-refractivity contribution in [3.8, 4) is 11.5 Å². The molecule has 0 saturated carbocycles. The molecule has 0 radical (unpaired) electrons. The molecule has 0 aliphatic carbocycles. The quantitative estimate of drug-likeness (QED) is 0.827. The second-order valence-electron chi connectivity index (χ2n) is 6.84. The van der Waals surface area contributed by atoms with Crippen molar-refractivity contribution in [3.05, 3.63) is 29.8 Å². The summed E-state index contributed by atoms with van der Waals surface area (Å²) in [5, 5.41) is 12.3. The Morgan fingerprint density at radius 2 is 2.09 bits per heavy atom. The van der Waals surface area contributed by atoms with Crippen LogP contribution in [0, 0.1) is 0 Å². The van der Waals surface area contributed by atoms with Crippen LogP contribution in [-0.4, -0.2) is 30.2 Å². The minimum Gasteiger partial charge on any atom is -0.507 e. The van der Waals surface area contributed by atoms with Crippen LogP contribution >= 0.6 is 11.6 Å². The van der Waals surface area contributed by atoms with Crippen molar-refractivity contribution in [3.63, 3.8) is 0 Å². The third kappa shape index (κ3) is 2.19. The number of methoxy groups -OCH3 is 1. The number of ether oxygens (including phenoxy) is 1. The van der Waals surface area contributed by atoms with E-state index < -0.39 is 0 Å². The van der Waals surface area contributed by atoms with E-state index in [2.05, 4.69) is 25.7 Å². The first-order valence-electron chi connectivity index (χ1n) is 7.54. The molecule has 118 valence electrons. The molecule has 0 bridgehead atoms. The Kier molecular flexibility index (Phi) is 3.64. The lowest BCUT2D eigenvalue weighted by molar-refractivity contribution is 0.419. The smallest absolute Gasteiger partial charge is 0.127 e. The summed E-state index contributed by atoms with van der Waals surface area (Å²) in [6.07, 6.45) is 0. The maximum Gasteiger partial charge on any atom is 0.127 e. The van der Waals surface area contributed by atoms with Crippen LogP contribution in [0.2, 0.25) is 0 Å². The molecular weight excluding hydrogens is 298 g/mol. The summed E-state index contributed by atoms with van der Waals surface area (Å²) >= 11 is 6.26. The van der Waals surface area contributed by atoms with Gasteiger partial charge in [0.05, 0.1) is 7.11 Å². The highest BCUT2D eigenvalue weighted by Gasteiger charge is 2.37. The van der Waals surface area contributed by atoms with Gasteiger partial charge >= 0.3 is 0 Å². The molecule has 0 spiro atoms. The summed E-state index contributed by atoms with van der Waals surface area (Å²) in [5.74, 6) is 1.86. The lowest BCUT2D eigenvalue weighted by atomic mass is 9.94. The summed E-state index contributed by atoms with van der Waals surface area (Å²) in [5.41, 5.74) is 2.22. The third-order valence-corrected chi connectivity index (χ3v) is 4.81. The van der Waals surface area contributed by atoms with E-state index >= 15 is 0 Å². The first-order valence-corrected chi connectivity index (χ1v) is 8.08. The molecule has 0 unspecified atom stereocenters. The molecule has 1 N–H and O–H groups in total. The van der Waals surface area contributed by atoms with Gasteiger partial charge in [0, 0.05) is 46.4 Å². The summed E-state index contributed by atoms with van der Waals surface area (Å²) in [7, 11) is 1.66. The summed E-state index contributed by atoms with van der Waals surface area (Å²) in [4.78, 5) is 2.32. The van der Waals surface area contributed by atoms with E-state index in [0.29, 0.717) is 5.88 Å². The van der Waals surface area contributed by atoms with Gasteiger partial charge in [-0.3, -0.25) is 0 Å². The zero-order valence-electron chi connectivity index (χ0n) is 13.5. The van der Waals surface area contributed by atoms with Crippen molar-refractivity contribution in [1.82, 2.24) is 0 Å². The number of aromatic hydroxyl groups is 1. The van der Waals surface area contributed by atoms with Crippen LogP contribution in [0.25, 0.3) is 10.8 Å². The number of phenolic OH excluding ortho intramolecular Hbond substituents is 1. The van der Waals surface area contributed by atoms with Gasteiger partial charge in [0.25, 0.3) is 0 Å². The number of hydrogen-bond acceptors (Lipinski definition) is 3. The van der Waals surface area contributed by atoms with Crippen LogP contribution < -0.4 is 9.64 Å². The molecule has 1 aliphatic heterocycles. The molecule has 2 aromatic carbocycles. The van der Waals surface area contributed by atoms with E-state index in [1.165, 1.54) is 5.56 Å². The van der Waals surface area contributed by atoms with Crippen LogP contribution in [0.5, 0.6) is 11.5 Å². The predicted molar refractivity (Wildman–Crippen MR) is 92.7 cm³/mol. The normalized spacial score (nSPS) is 17.9. The van der Waals surface area contributed by atoms with Gasteiger partial charge < -0.3 is 14.7 Å². The van der Waals surface area contributed by atoms with Crippen molar-refractivity contribution in [1.29, 1.82) is 0 Å². The van der Waals surface area contributed by atoms with E-state index in [1.807, 2.05) is 24.3 Å². The average Bonchev–Trinajstić information content (AvgIpc) is 2.85. The fourth-order valence-electron chi connectivity index (χ4n) is 3.41. The summed E-state index contributed by atoms with van der Waals surface area (Å²) < 4.78 is 5.55. The van der Waals surface area contributed by atoms with E-state index in [4.69, 9.17) is 16.3 Å². The molecule has 0 saturated heterocycles. The second-order valence-corrected chi connectivity index (χ2v) is 7.15.